The molecule has 2 nitrogen and oxygen atoms in total. The molecule has 0 saturated carbocycles. The molecule has 0 aliphatic heterocycles. The summed E-state index contributed by atoms with van der Waals surface area (Å²) in [6.45, 7) is 8.67. The van der Waals surface area contributed by atoms with Gasteiger partial charge in [0.15, 0.2) is 0 Å². The number of aryl methyl sites for hydroxylation is 4. The molecule has 0 aliphatic rings. The van der Waals surface area contributed by atoms with E-state index in [4.69, 9.17) is 0 Å². The third kappa shape index (κ3) is 5.68. The Hall–Kier alpha value is -2.49. The zero-order chi connectivity index (χ0) is 22.2. The molecule has 0 bridgehead atoms. The average molecular weight is 535 g/mol. The van der Waals surface area contributed by atoms with Gasteiger partial charge in [-0.25, -0.2) is 0 Å². The maximum Gasteiger partial charge on any atom is 4.00 e. The first-order valence-corrected chi connectivity index (χ1v) is 11.1. The molecule has 4 aromatic carbocycles. The molecule has 0 amide bonds. The van der Waals surface area contributed by atoms with E-state index in [-0.39, 0.29) is 46.5 Å². The number of halogens is 2. The van der Waals surface area contributed by atoms with Gasteiger partial charge in [0.05, 0.1) is 0 Å². The van der Waals surface area contributed by atoms with E-state index < -0.39 is 0 Å². The molecule has 0 fully saturated rings. The maximum atomic E-state index is 2.26. The molecule has 5 heteroatoms. The summed E-state index contributed by atoms with van der Waals surface area (Å²) in [5.74, 6) is 0. The maximum absolute atomic E-state index is 2.26. The Bertz CT molecular complexity index is 1310. The fourth-order valence-corrected chi connectivity index (χ4v) is 4.46. The van der Waals surface area contributed by atoms with Crippen molar-refractivity contribution in [3.05, 3.63) is 120 Å². The number of fused-ring (bicyclic) bond motifs is 2. The number of hydrogen-bond acceptors (Lipinski definition) is 0. The second-order valence-corrected chi connectivity index (χ2v) is 8.66. The summed E-state index contributed by atoms with van der Waals surface area (Å²) >= 11 is 0. The van der Waals surface area contributed by atoms with Crippen molar-refractivity contribution in [2.75, 3.05) is 0 Å². The molecular weight excluding hydrogens is 507 g/mol. The van der Waals surface area contributed by atoms with Crippen LogP contribution in [0.1, 0.15) is 22.3 Å². The first-order valence-electron chi connectivity index (χ1n) is 11.1. The van der Waals surface area contributed by atoms with Crippen LogP contribution in [0, 0.1) is 27.7 Å². The van der Waals surface area contributed by atoms with Crippen LogP contribution in [-0.4, -0.2) is 9.13 Å². The van der Waals surface area contributed by atoms with Gasteiger partial charge in [0, 0.05) is 24.8 Å². The SMILES string of the molecule is Cc1ccc(C)c2[cH-]c(-n3cccc3)cc12.Cc1ccc(C)c2[cH-]c(-n3cccc3)cc12.[Cl-].[Cl-].[Ti+4]. The minimum Gasteiger partial charge on any atom is -1.00 e. The van der Waals surface area contributed by atoms with Crippen molar-refractivity contribution in [3.8, 4) is 11.4 Å². The second kappa shape index (κ2) is 12.0. The van der Waals surface area contributed by atoms with Gasteiger partial charge in [-0.2, -0.15) is 0 Å². The Morgan fingerprint density at radius 2 is 0.829 bits per heavy atom. The van der Waals surface area contributed by atoms with Crippen LogP contribution in [-0.2, 0) is 21.7 Å². The summed E-state index contributed by atoms with van der Waals surface area (Å²) in [5, 5.41) is 5.46. The van der Waals surface area contributed by atoms with Crippen LogP contribution in [0.5, 0.6) is 0 Å². The van der Waals surface area contributed by atoms with Crippen molar-refractivity contribution in [2.45, 2.75) is 27.7 Å². The third-order valence-electron chi connectivity index (χ3n) is 6.42. The molecule has 2 aromatic heterocycles. The summed E-state index contributed by atoms with van der Waals surface area (Å²) in [6, 6.07) is 26.0. The van der Waals surface area contributed by atoms with E-state index in [2.05, 4.69) is 134 Å². The molecule has 2 heterocycles. The molecule has 0 aliphatic carbocycles. The predicted octanol–water partition coefficient (Wildman–Crippen LogP) is 1.94. The van der Waals surface area contributed by atoms with Crippen molar-refractivity contribution in [1.29, 1.82) is 0 Å². The molecule has 0 spiro atoms. The van der Waals surface area contributed by atoms with E-state index in [1.165, 1.54) is 55.2 Å². The molecule has 6 rings (SSSR count). The quantitative estimate of drug-likeness (QED) is 0.237. The number of hydrogen-bond donors (Lipinski definition) is 0. The molecular formula is C30H28Cl2N2Ti. The van der Waals surface area contributed by atoms with Gasteiger partial charge < -0.3 is 33.9 Å². The van der Waals surface area contributed by atoms with Crippen LogP contribution < -0.4 is 24.8 Å². The van der Waals surface area contributed by atoms with Crippen molar-refractivity contribution < 1.29 is 46.5 Å². The van der Waals surface area contributed by atoms with Crippen LogP contribution in [0.15, 0.2) is 97.6 Å². The topological polar surface area (TPSA) is 9.86 Å². The average Bonchev–Trinajstić information content (AvgIpc) is 3.58. The molecule has 0 N–H and O–H groups in total. The molecule has 176 valence electrons. The van der Waals surface area contributed by atoms with Gasteiger partial charge in [0.1, 0.15) is 0 Å². The Kier molecular flexibility index (Phi) is 9.83. The molecule has 0 saturated heterocycles. The Balaban J connectivity index is 0.000000227. The van der Waals surface area contributed by atoms with E-state index in [9.17, 15) is 0 Å². The number of benzene rings is 2. The number of rotatable bonds is 2. The number of aromatic nitrogens is 2. The van der Waals surface area contributed by atoms with Gasteiger partial charge in [-0.15, -0.1) is 69.1 Å². The smallest absolute Gasteiger partial charge is 1.00 e. The molecule has 35 heavy (non-hydrogen) atoms. The third-order valence-corrected chi connectivity index (χ3v) is 6.42. The van der Waals surface area contributed by atoms with Crippen LogP contribution in [0.3, 0.4) is 0 Å². The first-order chi connectivity index (χ1) is 15.5. The summed E-state index contributed by atoms with van der Waals surface area (Å²) in [6.07, 6.45) is 8.33. The summed E-state index contributed by atoms with van der Waals surface area (Å²) in [4.78, 5) is 0. The van der Waals surface area contributed by atoms with E-state index in [1.54, 1.807) is 0 Å². The van der Waals surface area contributed by atoms with Gasteiger partial charge in [-0.1, -0.05) is 37.1 Å². The fourth-order valence-electron chi connectivity index (χ4n) is 4.46. The van der Waals surface area contributed by atoms with Gasteiger partial charge in [-0.3, -0.25) is 0 Å². The molecule has 0 unspecified atom stereocenters. The zero-order valence-electron chi connectivity index (χ0n) is 20.4. The molecule has 0 atom stereocenters. The van der Waals surface area contributed by atoms with E-state index >= 15 is 0 Å². The van der Waals surface area contributed by atoms with Crippen LogP contribution in [0.4, 0.5) is 0 Å². The van der Waals surface area contributed by atoms with Crippen molar-refractivity contribution in [1.82, 2.24) is 9.13 Å². The van der Waals surface area contributed by atoms with Crippen LogP contribution in [0.2, 0.25) is 0 Å². The number of nitrogens with zero attached hydrogens (tertiary/aromatic N) is 2. The standard InChI is InChI=1S/2C15H14N.2ClH.Ti/c2*1-11-5-6-12(2)15-10-13(9-14(11)15)16-7-3-4-8-16;;;/h2*3-10H,1-2H3;2*1H;/q2*-1;;;+4/p-2. The second-order valence-electron chi connectivity index (χ2n) is 8.66. The van der Waals surface area contributed by atoms with Crippen molar-refractivity contribution in [3.63, 3.8) is 0 Å². The van der Waals surface area contributed by atoms with Crippen molar-refractivity contribution >= 4 is 21.5 Å². The molecule has 6 aromatic rings. The predicted molar refractivity (Wildman–Crippen MR) is 137 cm³/mol. The van der Waals surface area contributed by atoms with Crippen molar-refractivity contribution in [2.24, 2.45) is 0 Å². The zero-order valence-corrected chi connectivity index (χ0v) is 23.5. The molecule has 0 radical (unpaired) electrons. The Morgan fingerprint density at radius 3 is 1.14 bits per heavy atom. The van der Waals surface area contributed by atoms with Gasteiger partial charge >= 0.3 is 21.7 Å². The summed E-state index contributed by atoms with van der Waals surface area (Å²) in [5.41, 5.74) is 7.88. The largest absolute Gasteiger partial charge is 4.00 e. The summed E-state index contributed by atoms with van der Waals surface area (Å²) in [7, 11) is 0. The van der Waals surface area contributed by atoms with Crippen LogP contribution >= 0.6 is 0 Å². The fraction of sp³-hybridized carbons (Fsp3) is 0.133. The van der Waals surface area contributed by atoms with Gasteiger partial charge in [0.2, 0.25) is 0 Å². The van der Waals surface area contributed by atoms with Gasteiger partial charge in [0.25, 0.3) is 0 Å². The summed E-state index contributed by atoms with van der Waals surface area (Å²) < 4.78 is 4.30. The van der Waals surface area contributed by atoms with E-state index in [1.807, 2.05) is 0 Å². The normalized spacial score (nSPS) is 10.2. The van der Waals surface area contributed by atoms with Crippen LogP contribution in [0.25, 0.3) is 32.9 Å². The van der Waals surface area contributed by atoms with E-state index in [0.29, 0.717) is 0 Å². The monoisotopic (exact) mass is 534 g/mol. The minimum absolute atomic E-state index is 0. The first kappa shape index (κ1) is 28.7. The Labute approximate surface area is 235 Å². The van der Waals surface area contributed by atoms with Gasteiger partial charge in [-0.05, 0) is 49.5 Å². The van der Waals surface area contributed by atoms with E-state index in [0.717, 1.165) is 0 Å². The minimum atomic E-state index is 0. The Morgan fingerprint density at radius 1 is 0.514 bits per heavy atom.